The molecule has 3 N–H and O–H groups in total. The zero-order chi connectivity index (χ0) is 22.7. The maximum Gasteiger partial charge on any atom is 0.433 e. The van der Waals surface area contributed by atoms with E-state index in [2.05, 4.69) is 20.8 Å². The summed E-state index contributed by atoms with van der Waals surface area (Å²) < 4.78 is 38.7. The van der Waals surface area contributed by atoms with E-state index in [4.69, 9.17) is 5.41 Å². The van der Waals surface area contributed by atoms with E-state index in [1.807, 2.05) is 13.8 Å². The minimum Gasteiger partial charge on any atom is -0.388 e. The summed E-state index contributed by atoms with van der Waals surface area (Å²) in [6, 6.07) is 3.09. The minimum absolute atomic E-state index is 0.0875. The van der Waals surface area contributed by atoms with Crippen molar-refractivity contribution in [3.8, 4) is 0 Å². The molecule has 0 bridgehead atoms. The van der Waals surface area contributed by atoms with Gasteiger partial charge in [0.25, 0.3) is 5.91 Å². The van der Waals surface area contributed by atoms with Crippen LogP contribution in [0.25, 0.3) is 0 Å². The third kappa shape index (κ3) is 5.40. The molecule has 0 aliphatic heterocycles. The highest BCUT2D eigenvalue weighted by Gasteiger charge is 2.34. The number of carbonyl (C=O) groups is 1. The number of nitrogens with zero attached hydrogens (tertiary/aromatic N) is 2. The molecule has 1 heterocycles. The molecule has 1 amide bonds. The molecule has 0 saturated carbocycles. The summed E-state index contributed by atoms with van der Waals surface area (Å²) in [5, 5.41) is 16.8. The van der Waals surface area contributed by atoms with Crippen molar-refractivity contribution in [3.63, 3.8) is 0 Å². The first-order chi connectivity index (χ1) is 13.8. The molecule has 1 aliphatic rings. The highest BCUT2D eigenvalue weighted by Crippen LogP contribution is 2.31. The zero-order valence-electron chi connectivity index (χ0n) is 16.9. The third-order valence-electron chi connectivity index (χ3n) is 4.17. The van der Waals surface area contributed by atoms with Gasteiger partial charge in [0.05, 0.1) is 5.71 Å². The van der Waals surface area contributed by atoms with Gasteiger partial charge >= 0.3 is 6.18 Å². The van der Waals surface area contributed by atoms with Gasteiger partial charge in [-0.1, -0.05) is 11.2 Å². The number of alkyl halides is 3. The fraction of sp³-hybridized carbons (Fsp3) is 0.350. The van der Waals surface area contributed by atoms with Crippen LogP contribution in [0.1, 0.15) is 43.9 Å². The van der Waals surface area contributed by atoms with E-state index >= 15 is 0 Å². The molecule has 1 aromatic heterocycles. The van der Waals surface area contributed by atoms with Crippen molar-refractivity contribution >= 4 is 11.6 Å². The number of nitrogens with one attached hydrogen (secondary N) is 3. The number of halogens is 3. The van der Waals surface area contributed by atoms with Crippen molar-refractivity contribution in [1.29, 1.82) is 5.41 Å². The van der Waals surface area contributed by atoms with Crippen LogP contribution >= 0.6 is 0 Å². The van der Waals surface area contributed by atoms with Gasteiger partial charge in [0.2, 0.25) is 0 Å². The first kappa shape index (κ1) is 23.0. The van der Waals surface area contributed by atoms with E-state index in [9.17, 15) is 22.9 Å². The zero-order valence-corrected chi connectivity index (χ0v) is 16.9. The van der Waals surface area contributed by atoms with Crippen LogP contribution in [-0.4, -0.2) is 28.2 Å². The van der Waals surface area contributed by atoms with Gasteiger partial charge in [-0.2, -0.15) is 13.2 Å². The standard InChI is InChI=1S/C20H22F3N5O2/c1-11(2)25-10-12-8-16(13(9-14(12)24)19(3,4)28-30)27-18(29)15-6-5-7-17(26-15)20(21,22)23/h5-11,24-25H,1-4H3,(H,27,29)/b12-10-,24-14?. The molecule has 30 heavy (non-hydrogen) atoms. The van der Waals surface area contributed by atoms with Crippen molar-refractivity contribution in [1.82, 2.24) is 15.6 Å². The Morgan fingerprint density at radius 2 is 1.90 bits per heavy atom. The molecule has 0 atom stereocenters. The molecule has 1 aliphatic carbocycles. The van der Waals surface area contributed by atoms with Gasteiger partial charge in [0, 0.05) is 29.1 Å². The van der Waals surface area contributed by atoms with Gasteiger partial charge in [-0.3, -0.25) is 4.79 Å². The molecule has 0 unspecified atom stereocenters. The predicted molar refractivity (Wildman–Crippen MR) is 107 cm³/mol. The summed E-state index contributed by atoms with van der Waals surface area (Å²) in [7, 11) is 0. The lowest BCUT2D eigenvalue weighted by Gasteiger charge is -2.26. The van der Waals surface area contributed by atoms with Crippen LogP contribution in [0, 0.1) is 10.3 Å². The second-order valence-electron chi connectivity index (χ2n) is 7.46. The highest BCUT2D eigenvalue weighted by atomic mass is 19.4. The molecule has 7 nitrogen and oxygen atoms in total. The van der Waals surface area contributed by atoms with Crippen molar-refractivity contribution < 1.29 is 18.0 Å². The van der Waals surface area contributed by atoms with E-state index in [1.54, 1.807) is 6.20 Å². The van der Waals surface area contributed by atoms with Crippen LogP contribution in [-0.2, 0) is 6.18 Å². The van der Waals surface area contributed by atoms with Crippen molar-refractivity contribution in [3.05, 3.63) is 69.7 Å². The van der Waals surface area contributed by atoms with Crippen LogP contribution < -0.4 is 10.6 Å². The molecular weight excluding hydrogens is 399 g/mol. The minimum atomic E-state index is -4.69. The van der Waals surface area contributed by atoms with Gasteiger partial charge in [-0.05, 0) is 52.0 Å². The Balaban J connectivity index is 2.43. The number of amides is 1. The van der Waals surface area contributed by atoms with Gasteiger partial charge in [0.1, 0.15) is 16.9 Å². The van der Waals surface area contributed by atoms with Crippen LogP contribution in [0.2, 0.25) is 0 Å². The third-order valence-corrected chi connectivity index (χ3v) is 4.17. The van der Waals surface area contributed by atoms with Crippen molar-refractivity contribution in [2.24, 2.45) is 5.18 Å². The van der Waals surface area contributed by atoms with Crippen LogP contribution in [0.5, 0.6) is 0 Å². The SMILES string of the molecule is CC(C)N/C=C1/C=C(NC(=O)c2cccc(C(F)(F)F)n2)C(C(C)(C)N=O)=CC1=N. The first-order valence-electron chi connectivity index (χ1n) is 9.04. The topological polar surface area (TPSA) is 107 Å². The average Bonchev–Trinajstić information content (AvgIpc) is 2.67. The summed E-state index contributed by atoms with van der Waals surface area (Å²) in [5.74, 6) is -0.885. The largest absolute Gasteiger partial charge is 0.433 e. The van der Waals surface area contributed by atoms with Crippen LogP contribution in [0.4, 0.5) is 13.2 Å². The fourth-order valence-corrected chi connectivity index (χ4v) is 2.56. The van der Waals surface area contributed by atoms with Gasteiger partial charge in [-0.15, -0.1) is 4.91 Å². The Labute approximate surface area is 171 Å². The van der Waals surface area contributed by atoms with Gasteiger partial charge < -0.3 is 16.0 Å². The Hall–Kier alpha value is -3.30. The number of aromatic nitrogens is 1. The molecule has 10 heteroatoms. The number of carbonyl (C=O) groups excluding carboxylic acids is 1. The first-order valence-corrected chi connectivity index (χ1v) is 9.04. The summed E-state index contributed by atoms with van der Waals surface area (Å²) in [5.41, 5.74) is -2.01. The molecule has 0 saturated heterocycles. The quantitative estimate of drug-likeness (QED) is 0.601. The highest BCUT2D eigenvalue weighted by molar-refractivity contribution is 6.11. The average molecular weight is 421 g/mol. The van der Waals surface area contributed by atoms with Gasteiger partial charge in [0.15, 0.2) is 0 Å². The molecule has 1 aromatic rings. The Kier molecular flexibility index (Phi) is 6.59. The monoisotopic (exact) mass is 421 g/mol. The van der Waals surface area contributed by atoms with E-state index in [0.717, 1.165) is 18.2 Å². The van der Waals surface area contributed by atoms with Crippen molar-refractivity contribution in [2.75, 3.05) is 0 Å². The molecule has 0 fully saturated rings. The smallest absolute Gasteiger partial charge is 0.388 e. The van der Waals surface area contributed by atoms with Crippen LogP contribution in [0.3, 0.4) is 0 Å². The second kappa shape index (κ2) is 8.60. The number of pyridine rings is 1. The predicted octanol–water partition coefficient (Wildman–Crippen LogP) is 4.10. The number of hydrogen-bond donors (Lipinski definition) is 3. The fourth-order valence-electron chi connectivity index (χ4n) is 2.56. The Morgan fingerprint density at radius 1 is 1.23 bits per heavy atom. The van der Waals surface area contributed by atoms with E-state index in [0.29, 0.717) is 5.57 Å². The lowest BCUT2D eigenvalue weighted by Crippen LogP contribution is -2.34. The second-order valence-corrected chi connectivity index (χ2v) is 7.46. The van der Waals surface area contributed by atoms with Gasteiger partial charge in [-0.25, -0.2) is 4.98 Å². The Bertz CT molecular complexity index is 959. The normalized spacial score (nSPS) is 16.3. The number of hydrogen-bond acceptors (Lipinski definition) is 6. The van der Waals surface area contributed by atoms with E-state index in [1.165, 1.54) is 26.0 Å². The molecule has 2 rings (SSSR count). The number of rotatable bonds is 6. The summed E-state index contributed by atoms with van der Waals surface area (Å²) in [4.78, 5) is 27.3. The summed E-state index contributed by atoms with van der Waals surface area (Å²) in [6.07, 6.45) is -0.255. The molecule has 160 valence electrons. The summed E-state index contributed by atoms with van der Waals surface area (Å²) >= 11 is 0. The van der Waals surface area contributed by atoms with E-state index < -0.39 is 29.0 Å². The summed E-state index contributed by atoms with van der Waals surface area (Å²) in [6.45, 7) is 6.80. The maximum atomic E-state index is 12.9. The Morgan fingerprint density at radius 3 is 2.47 bits per heavy atom. The lowest BCUT2D eigenvalue weighted by molar-refractivity contribution is -0.141. The number of nitroso groups, excluding NO2 is 1. The molecule has 0 spiro atoms. The lowest BCUT2D eigenvalue weighted by atomic mass is 9.86. The maximum absolute atomic E-state index is 12.9. The molecule has 0 aromatic carbocycles. The number of allylic oxidation sites excluding steroid dienone is 3. The molecular formula is C20H22F3N5O2. The van der Waals surface area contributed by atoms with E-state index in [-0.39, 0.29) is 23.0 Å². The van der Waals surface area contributed by atoms with Crippen molar-refractivity contribution in [2.45, 2.75) is 45.5 Å². The van der Waals surface area contributed by atoms with Crippen LogP contribution in [0.15, 0.2) is 58.6 Å². The molecule has 0 radical (unpaired) electrons.